The molecule has 0 aliphatic rings. The Hall–Kier alpha value is 0.137. The summed E-state index contributed by atoms with van der Waals surface area (Å²) in [5.74, 6) is -0.0278. The van der Waals surface area contributed by atoms with Crippen LogP contribution in [0.5, 0.6) is 0 Å². The third-order valence-electron chi connectivity index (χ3n) is 0.979. The van der Waals surface area contributed by atoms with E-state index in [1.807, 2.05) is 0 Å². The highest BCUT2D eigenvalue weighted by Crippen LogP contribution is 2.21. The van der Waals surface area contributed by atoms with Gasteiger partial charge in [-0.2, -0.15) is 0 Å². The Morgan fingerprint density at radius 2 is 1.50 bits per heavy atom. The second-order valence-corrected chi connectivity index (χ2v) is 5.46. The van der Waals surface area contributed by atoms with Crippen LogP contribution in [-0.4, -0.2) is 29.7 Å². The van der Waals surface area contributed by atoms with Crippen LogP contribution < -0.4 is 0 Å². The van der Waals surface area contributed by atoms with E-state index in [2.05, 4.69) is 20.8 Å². The first-order valence-electron chi connectivity index (χ1n) is 3.33. The Morgan fingerprint density at radius 1 is 1.10 bits per heavy atom. The van der Waals surface area contributed by atoms with Gasteiger partial charge in [-0.3, -0.25) is 0 Å². The van der Waals surface area contributed by atoms with Gasteiger partial charge in [-0.1, -0.05) is 20.8 Å². The lowest BCUT2D eigenvalue weighted by Gasteiger charge is -2.22. The number of rotatable bonds is 3. The SMILES string of the molecule is COC(OC)[Si]C(C)(C)C. The van der Waals surface area contributed by atoms with Crippen molar-refractivity contribution < 1.29 is 9.47 Å². The lowest BCUT2D eigenvalue weighted by atomic mass is 10.3. The predicted octanol–water partition coefficient (Wildman–Crippen LogP) is 1.49. The maximum atomic E-state index is 5.07. The highest BCUT2D eigenvalue weighted by Gasteiger charge is 2.18. The lowest BCUT2D eigenvalue weighted by molar-refractivity contribution is -0.0455. The lowest BCUT2D eigenvalue weighted by Crippen LogP contribution is -2.27. The fourth-order valence-electron chi connectivity index (χ4n) is 0.568. The number of hydrogen-bond donors (Lipinski definition) is 0. The zero-order valence-electron chi connectivity index (χ0n) is 7.39. The molecule has 0 spiro atoms. The maximum absolute atomic E-state index is 5.07. The minimum atomic E-state index is -0.0278. The van der Waals surface area contributed by atoms with Crippen molar-refractivity contribution in [1.82, 2.24) is 0 Å². The van der Waals surface area contributed by atoms with Gasteiger partial charge in [-0.15, -0.1) is 0 Å². The van der Waals surface area contributed by atoms with Crippen molar-refractivity contribution in [3.05, 3.63) is 0 Å². The van der Waals surface area contributed by atoms with Gasteiger partial charge in [0.25, 0.3) is 0 Å². The van der Waals surface area contributed by atoms with Crippen LogP contribution in [0.3, 0.4) is 0 Å². The number of ether oxygens (including phenoxy) is 2. The topological polar surface area (TPSA) is 18.5 Å². The van der Waals surface area contributed by atoms with Crippen molar-refractivity contribution in [1.29, 1.82) is 0 Å². The molecule has 0 fully saturated rings. The van der Waals surface area contributed by atoms with Crippen molar-refractivity contribution in [2.75, 3.05) is 14.2 Å². The minimum absolute atomic E-state index is 0.0278. The molecule has 0 aromatic heterocycles. The largest absolute Gasteiger partial charge is 0.360 e. The highest BCUT2D eigenvalue weighted by atomic mass is 28.2. The first-order valence-corrected chi connectivity index (χ1v) is 4.40. The van der Waals surface area contributed by atoms with Crippen molar-refractivity contribution >= 4 is 9.52 Å². The van der Waals surface area contributed by atoms with Gasteiger partial charge in [-0.05, 0) is 5.04 Å². The molecule has 0 aliphatic carbocycles. The molecule has 0 N–H and O–H groups in total. The number of methoxy groups -OCH3 is 2. The van der Waals surface area contributed by atoms with E-state index in [9.17, 15) is 0 Å². The quantitative estimate of drug-likeness (QED) is 0.460. The van der Waals surface area contributed by atoms with Gasteiger partial charge in [0, 0.05) is 14.2 Å². The molecule has 2 nitrogen and oxygen atoms in total. The van der Waals surface area contributed by atoms with Crippen LogP contribution in [0.4, 0.5) is 0 Å². The van der Waals surface area contributed by atoms with Gasteiger partial charge in [0.15, 0.2) is 0 Å². The Bertz CT molecular complexity index is 84.1. The monoisotopic (exact) mass is 160 g/mol. The van der Waals surface area contributed by atoms with Crippen LogP contribution in [0.2, 0.25) is 5.04 Å². The molecular weight excluding hydrogens is 144 g/mol. The molecule has 0 rings (SSSR count). The van der Waals surface area contributed by atoms with Crippen LogP contribution in [-0.2, 0) is 9.47 Å². The molecule has 0 bridgehead atoms. The highest BCUT2D eigenvalue weighted by molar-refractivity contribution is 6.40. The summed E-state index contributed by atoms with van der Waals surface area (Å²) in [4.78, 5) is 0. The summed E-state index contributed by atoms with van der Waals surface area (Å²) in [7, 11) is 4.04. The molecule has 0 aromatic carbocycles. The smallest absolute Gasteiger partial charge is 0.136 e. The maximum Gasteiger partial charge on any atom is 0.136 e. The molecule has 0 aromatic rings. The van der Waals surface area contributed by atoms with Crippen LogP contribution in [0.1, 0.15) is 20.8 Å². The first kappa shape index (κ1) is 10.1. The number of hydrogen-bond acceptors (Lipinski definition) is 2. The summed E-state index contributed by atoms with van der Waals surface area (Å²) < 4.78 is 10.1. The zero-order valence-corrected chi connectivity index (χ0v) is 8.39. The Morgan fingerprint density at radius 3 is 1.60 bits per heavy atom. The summed E-state index contributed by atoms with van der Waals surface area (Å²) in [5, 5.41) is 0.302. The molecule has 10 heavy (non-hydrogen) atoms. The second-order valence-electron chi connectivity index (χ2n) is 3.20. The first-order chi connectivity index (χ1) is 4.49. The van der Waals surface area contributed by atoms with Crippen molar-refractivity contribution in [2.24, 2.45) is 0 Å². The van der Waals surface area contributed by atoms with Crippen molar-refractivity contribution in [3.63, 3.8) is 0 Å². The molecule has 0 aliphatic heterocycles. The normalized spacial score (nSPS) is 12.6. The van der Waals surface area contributed by atoms with E-state index in [1.54, 1.807) is 14.2 Å². The fraction of sp³-hybridized carbons (Fsp3) is 1.00. The van der Waals surface area contributed by atoms with Crippen LogP contribution >= 0.6 is 0 Å². The molecule has 60 valence electrons. The van der Waals surface area contributed by atoms with E-state index >= 15 is 0 Å². The predicted molar refractivity (Wildman–Crippen MR) is 43.3 cm³/mol. The zero-order chi connectivity index (χ0) is 8.20. The fourth-order valence-corrected chi connectivity index (χ4v) is 1.51. The van der Waals surface area contributed by atoms with E-state index in [4.69, 9.17) is 9.47 Å². The van der Waals surface area contributed by atoms with Crippen LogP contribution in [0.15, 0.2) is 0 Å². The summed E-state index contributed by atoms with van der Waals surface area (Å²) in [6, 6.07) is 0. The van der Waals surface area contributed by atoms with E-state index < -0.39 is 0 Å². The van der Waals surface area contributed by atoms with E-state index in [0.29, 0.717) is 14.6 Å². The molecule has 0 heterocycles. The Balaban J connectivity index is 3.63. The summed E-state index contributed by atoms with van der Waals surface area (Å²) in [6.45, 7) is 6.53. The minimum Gasteiger partial charge on any atom is -0.360 e. The molecule has 0 atom stereocenters. The van der Waals surface area contributed by atoms with E-state index in [1.165, 1.54) is 0 Å². The Labute approximate surface area is 65.7 Å². The van der Waals surface area contributed by atoms with Crippen LogP contribution in [0.25, 0.3) is 0 Å². The van der Waals surface area contributed by atoms with Gasteiger partial charge in [-0.25, -0.2) is 0 Å². The average molecular weight is 160 g/mol. The van der Waals surface area contributed by atoms with Crippen molar-refractivity contribution in [3.8, 4) is 0 Å². The molecule has 3 heteroatoms. The third kappa shape index (κ3) is 4.96. The van der Waals surface area contributed by atoms with Crippen molar-refractivity contribution in [2.45, 2.75) is 31.7 Å². The average Bonchev–Trinajstić information content (AvgIpc) is 1.81. The summed E-state index contributed by atoms with van der Waals surface area (Å²) in [5.41, 5.74) is 0. The third-order valence-corrected chi connectivity index (χ3v) is 2.55. The molecule has 0 saturated heterocycles. The summed E-state index contributed by atoms with van der Waals surface area (Å²) >= 11 is 0. The molecular formula is C7H16O2Si. The van der Waals surface area contributed by atoms with E-state index in [-0.39, 0.29) is 5.91 Å². The molecule has 2 radical (unpaired) electrons. The van der Waals surface area contributed by atoms with Gasteiger partial charge < -0.3 is 9.47 Å². The second kappa shape index (κ2) is 4.11. The standard InChI is InChI=1S/C7H16O2Si/c1-7(2,3)10-6(8-4)9-5/h6H,1-5H3. The van der Waals surface area contributed by atoms with Gasteiger partial charge >= 0.3 is 0 Å². The molecule has 0 unspecified atom stereocenters. The van der Waals surface area contributed by atoms with Gasteiger partial charge in [0.1, 0.15) is 15.4 Å². The van der Waals surface area contributed by atoms with Gasteiger partial charge in [0.05, 0.1) is 0 Å². The van der Waals surface area contributed by atoms with E-state index in [0.717, 1.165) is 0 Å². The van der Waals surface area contributed by atoms with Crippen LogP contribution in [0, 0.1) is 0 Å². The summed E-state index contributed by atoms with van der Waals surface area (Å²) in [6.07, 6.45) is 0. The molecule has 0 amide bonds. The molecule has 0 saturated carbocycles. The van der Waals surface area contributed by atoms with Gasteiger partial charge in [0.2, 0.25) is 0 Å². The Kier molecular flexibility index (Phi) is 4.16.